The number of pyridine rings is 2. The number of aromatic nitrogens is 5. The number of carbonyl (C=O) groups excluding carboxylic acids is 1. The SMILES string of the molecule is CCOc1cc(-c2ccc(N3C[C@H]4CC(NC(=O)c5c(F)cccc5Cl)C[C@H]4C3)nc2)c2c3cn[nH]c3nn2c1. The second-order valence-electron chi connectivity index (χ2n) is 10.5. The highest BCUT2D eigenvalue weighted by atomic mass is 35.5. The van der Waals surface area contributed by atoms with E-state index in [-0.39, 0.29) is 16.6 Å². The number of rotatable bonds is 6. The number of halogens is 2. The maximum atomic E-state index is 14.2. The standard InChI is InChI=1S/C29H27ClFN7O2/c1-2-40-20-10-21(27-22-12-33-35-28(22)36-38(27)15-20)16-6-7-25(32-11-16)37-13-17-8-19(9-18(17)14-37)34-29(39)26-23(30)4-3-5-24(26)31/h3-7,10-12,15,17-19H,2,8-9,13-14H2,1H3,(H,34,39)(H,35,36)/t17-,18+,19?. The van der Waals surface area contributed by atoms with E-state index in [1.165, 1.54) is 18.2 Å². The molecule has 5 aromatic rings. The van der Waals surface area contributed by atoms with E-state index in [4.69, 9.17) is 21.3 Å². The van der Waals surface area contributed by atoms with Crippen molar-refractivity contribution in [3.05, 3.63) is 71.4 Å². The van der Waals surface area contributed by atoms with Gasteiger partial charge in [-0.05, 0) is 61.9 Å². The summed E-state index contributed by atoms with van der Waals surface area (Å²) in [6.07, 6.45) is 7.26. The topological polar surface area (TPSA) is 100 Å². The minimum atomic E-state index is -0.600. The Morgan fingerprint density at radius 2 is 2.02 bits per heavy atom. The fourth-order valence-electron chi connectivity index (χ4n) is 6.32. The number of carbonyl (C=O) groups is 1. The van der Waals surface area contributed by atoms with Crippen LogP contribution in [0.15, 0.2) is 55.0 Å². The molecule has 204 valence electrons. The Labute approximate surface area is 234 Å². The summed E-state index contributed by atoms with van der Waals surface area (Å²) in [5.74, 6) is 1.49. The normalized spacial score (nSPS) is 20.4. The van der Waals surface area contributed by atoms with E-state index >= 15 is 0 Å². The summed E-state index contributed by atoms with van der Waals surface area (Å²) in [5.41, 5.74) is 3.52. The average Bonchev–Trinajstić information content (AvgIpc) is 3.69. The van der Waals surface area contributed by atoms with Crippen LogP contribution in [0.4, 0.5) is 10.2 Å². The molecule has 0 bridgehead atoms. The van der Waals surface area contributed by atoms with E-state index in [9.17, 15) is 9.18 Å². The lowest BCUT2D eigenvalue weighted by molar-refractivity contribution is 0.0932. The largest absolute Gasteiger partial charge is 0.492 e. The number of nitrogens with one attached hydrogen (secondary N) is 2. The zero-order valence-electron chi connectivity index (χ0n) is 21.8. The maximum absolute atomic E-state index is 14.2. The monoisotopic (exact) mass is 559 g/mol. The third kappa shape index (κ3) is 4.23. The van der Waals surface area contributed by atoms with Gasteiger partial charge in [-0.15, -0.1) is 5.10 Å². The van der Waals surface area contributed by atoms with Crippen LogP contribution in [0.1, 0.15) is 30.1 Å². The summed E-state index contributed by atoms with van der Waals surface area (Å²) >= 11 is 6.08. The molecule has 0 radical (unpaired) electrons. The van der Waals surface area contributed by atoms with Gasteiger partial charge < -0.3 is 15.0 Å². The van der Waals surface area contributed by atoms with Crippen molar-refractivity contribution in [1.29, 1.82) is 0 Å². The number of nitrogens with zero attached hydrogens (tertiary/aromatic N) is 5. The van der Waals surface area contributed by atoms with Crippen LogP contribution >= 0.6 is 11.6 Å². The van der Waals surface area contributed by atoms with Crippen LogP contribution in [0.3, 0.4) is 0 Å². The number of amides is 1. The summed E-state index contributed by atoms with van der Waals surface area (Å²) in [6.45, 7) is 4.25. The first-order valence-corrected chi connectivity index (χ1v) is 13.8. The number of ether oxygens (including phenoxy) is 1. The van der Waals surface area contributed by atoms with Crippen molar-refractivity contribution in [2.24, 2.45) is 11.8 Å². The Morgan fingerprint density at radius 1 is 1.20 bits per heavy atom. The van der Waals surface area contributed by atoms with Gasteiger partial charge in [-0.25, -0.2) is 13.9 Å². The van der Waals surface area contributed by atoms with Crippen LogP contribution in [0, 0.1) is 17.7 Å². The van der Waals surface area contributed by atoms with E-state index in [0.29, 0.717) is 18.4 Å². The number of fused-ring (bicyclic) bond motifs is 4. The average molecular weight is 560 g/mol. The van der Waals surface area contributed by atoms with Gasteiger partial charge in [-0.2, -0.15) is 5.10 Å². The van der Waals surface area contributed by atoms with E-state index in [1.807, 2.05) is 29.9 Å². The molecule has 40 heavy (non-hydrogen) atoms. The lowest BCUT2D eigenvalue weighted by atomic mass is 10.0. The molecule has 9 nitrogen and oxygen atoms in total. The van der Waals surface area contributed by atoms with Crippen LogP contribution in [0.25, 0.3) is 27.7 Å². The van der Waals surface area contributed by atoms with Crippen LogP contribution in [0.5, 0.6) is 5.75 Å². The summed E-state index contributed by atoms with van der Waals surface area (Å²) in [4.78, 5) is 19.8. The molecule has 7 rings (SSSR count). The van der Waals surface area contributed by atoms with E-state index in [1.54, 1.807) is 6.20 Å². The van der Waals surface area contributed by atoms with E-state index in [2.05, 4.69) is 37.6 Å². The van der Waals surface area contributed by atoms with Crippen LogP contribution < -0.4 is 15.0 Å². The van der Waals surface area contributed by atoms with Crippen molar-refractivity contribution in [3.8, 4) is 16.9 Å². The van der Waals surface area contributed by atoms with Crippen molar-refractivity contribution in [2.45, 2.75) is 25.8 Å². The van der Waals surface area contributed by atoms with Gasteiger partial charge in [0, 0.05) is 36.5 Å². The highest BCUT2D eigenvalue weighted by Gasteiger charge is 2.42. The molecule has 1 amide bonds. The Morgan fingerprint density at radius 3 is 2.75 bits per heavy atom. The highest BCUT2D eigenvalue weighted by Crippen LogP contribution is 2.40. The number of hydrogen-bond donors (Lipinski definition) is 2. The van der Waals surface area contributed by atoms with Crippen LogP contribution in [-0.4, -0.2) is 56.4 Å². The Bertz CT molecular complexity index is 1700. The van der Waals surface area contributed by atoms with Gasteiger partial charge in [0.2, 0.25) is 0 Å². The lowest BCUT2D eigenvalue weighted by Crippen LogP contribution is -2.35. The van der Waals surface area contributed by atoms with Crippen LogP contribution in [-0.2, 0) is 0 Å². The summed E-state index contributed by atoms with van der Waals surface area (Å²) in [5, 5.41) is 15.8. The molecular formula is C29H27ClFN7O2. The molecular weight excluding hydrogens is 533 g/mol. The Balaban J connectivity index is 1.06. The molecule has 1 aliphatic carbocycles. The van der Waals surface area contributed by atoms with Crippen molar-refractivity contribution < 1.29 is 13.9 Å². The summed E-state index contributed by atoms with van der Waals surface area (Å²) in [7, 11) is 0. The highest BCUT2D eigenvalue weighted by molar-refractivity contribution is 6.33. The first kappa shape index (κ1) is 24.8. The van der Waals surface area contributed by atoms with Crippen molar-refractivity contribution in [1.82, 2.24) is 30.1 Å². The predicted octanol–water partition coefficient (Wildman–Crippen LogP) is 5.11. The number of aromatic amines is 1. The fourth-order valence-corrected chi connectivity index (χ4v) is 6.56. The van der Waals surface area contributed by atoms with Crippen molar-refractivity contribution in [3.63, 3.8) is 0 Å². The fraction of sp³-hybridized carbons (Fsp3) is 0.310. The molecule has 5 heterocycles. The van der Waals surface area contributed by atoms with Crippen molar-refractivity contribution >= 4 is 39.9 Å². The Kier molecular flexibility index (Phi) is 6.07. The molecule has 1 saturated carbocycles. The van der Waals surface area contributed by atoms with Gasteiger partial charge in [-0.1, -0.05) is 17.7 Å². The molecule has 11 heteroatoms. The smallest absolute Gasteiger partial charge is 0.255 e. The molecule has 1 unspecified atom stereocenters. The van der Waals surface area contributed by atoms with E-state index < -0.39 is 11.7 Å². The molecule has 1 aromatic carbocycles. The van der Waals surface area contributed by atoms with Gasteiger partial charge in [0.15, 0.2) is 5.65 Å². The molecule has 3 atom stereocenters. The molecule has 0 spiro atoms. The molecule has 4 aromatic heterocycles. The van der Waals surface area contributed by atoms with Gasteiger partial charge in [0.25, 0.3) is 5.91 Å². The maximum Gasteiger partial charge on any atom is 0.255 e. The van der Waals surface area contributed by atoms with Gasteiger partial charge in [0.1, 0.15) is 17.4 Å². The minimum Gasteiger partial charge on any atom is -0.492 e. The zero-order chi connectivity index (χ0) is 27.4. The summed E-state index contributed by atoms with van der Waals surface area (Å²) < 4.78 is 21.8. The quantitative estimate of drug-likeness (QED) is 0.300. The number of hydrogen-bond acceptors (Lipinski definition) is 6. The first-order chi connectivity index (χ1) is 19.5. The third-order valence-corrected chi connectivity index (χ3v) is 8.39. The van der Waals surface area contributed by atoms with E-state index in [0.717, 1.165) is 65.2 Å². The predicted molar refractivity (Wildman–Crippen MR) is 150 cm³/mol. The van der Waals surface area contributed by atoms with Gasteiger partial charge in [0.05, 0.1) is 40.5 Å². The second-order valence-corrected chi connectivity index (χ2v) is 10.9. The molecule has 2 aliphatic rings. The van der Waals surface area contributed by atoms with Crippen LogP contribution in [0.2, 0.25) is 5.02 Å². The summed E-state index contributed by atoms with van der Waals surface area (Å²) in [6, 6.07) is 10.5. The minimum absolute atomic E-state index is 0.00564. The number of anilines is 1. The molecule has 1 saturated heterocycles. The van der Waals surface area contributed by atoms with Crippen molar-refractivity contribution in [2.75, 3.05) is 24.6 Å². The molecule has 2 fully saturated rings. The third-order valence-electron chi connectivity index (χ3n) is 8.07. The molecule has 1 aliphatic heterocycles. The number of benzene rings is 1. The Hall–Kier alpha value is -4.18. The zero-order valence-corrected chi connectivity index (χ0v) is 22.5. The first-order valence-electron chi connectivity index (χ1n) is 13.4. The second kappa shape index (κ2) is 9.78. The molecule has 2 N–H and O–H groups in total. The number of H-pyrrole nitrogens is 1. The van der Waals surface area contributed by atoms with Gasteiger partial charge >= 0.3 is 0 Å². The lowest BCUT2D eigenvalue weighted by Gasteiger charge is -2.21. The van der Waals surface area contributed by atoms with Gasteiger partial charge in [-0.3, -0.25) is 9.89 Å².